The van der Waals surface area contributed by atoms with E-state index in [2.05, 4.69) is 14.6 Å². The van der Waals surface area contributed by atoms with Crippen LogP contribution in [-0.2, 0) is 36.4 Å². The van der Waals surface area contributed by atoms with Gasteiger partial charge in [0, 0.05) is 31.5 Å². The highest BCUT2D eigenvalue weighted by molar-refractivity contribution is 7.80. The number of nitrogens with one attached hydrogen (secondary N) is 2. The Morgan fingerprint density at radius 3 is 2.29 bits per heavy atom. The van der Waals surface area contributed by atoms with Crippen LogP contribution in [0.2, 0.25) is 0 Å². The first kappa shape index (κ1) is 27.4. The maximum atomic E-state index is 11.9. The second-order valence-electron chi connectivity index (χ2n) is 7.03. The van der Waals surface area contributed by atoms with E-state index >= 15 is 0 Å². The van der Waals surface area contributed by atoms with E-state index in [1.54, 1.807) is 12.1 Å². The average molecular weight is 479 g/mol. The summed E-state index contributed by atoms with van der Waals surface area (Å²) in [6.45, 7) is 0.508. The topological polar surface area (TPSA) is 162 Å². The van der Waals surface area contributed by atoms with Gasteiger partial charge in [0.15, 0.2) is 0 Å². The Bertz CT molecular complexity index is 754. The smallest absolute Gasteiger partial charge is 0.356 e. The van der Waals surface area contributed by atoms with Crippen molar-refractivity contribution in [3.63, 3.8) is 0 Å². The fraction of sp³-hybridized carbons (Fsp3) is 0.579. The normalized spacial score (nSPS) is 12.4. The van der Waals surface area contributed by atoms with E-state index < -0.39 is 19.1 Å². The lowest BCUT2D eigenvalue weighted by Crippen LogP contribution is -2.24. The van der Waals surface area contributed by atoms with E-state index in [-0.39, 0.29) is 31.1 Å². The molecule has 0 saturated heterocycles. The Labute approximate surface area is 184 Å². The maximum absolute atomic E-state index is 11.9. The molecule has 1 aromatic carbocycles. The zero-order valence-corrected chi connectivity index (χ0v) is 19.0. The van der Waals surface area contributed by atoms with Gasteiger partial charge in [0.2, 0.25) is 5.91 Å². The van der Waals surface area contributed by atoms with Crippen molar-refractivity contribution in [2.24, 2.45) is 0 Å². The van der Waals surface area contributed by atoms with Crippen molar-refractivity contribution in [3.8, 4) is 0 Å². The summed E-state index contributed by atoms with van der Waals surface area (Å²) >= 11 is -2.10. The number of aryl methyl sites for hydroxylation is 1. The monoisotopic (exact) mass is 478 g/mol. The number of ketones is 1. The molecule has 1 aromatic rings. The number of amides is 1. The quantitative estimate of drug-likeness (QED) is 0.130. The van der Waals surface area contributed by atoms with Crippen molar-refractivity contribution in [2.45, 2.75) is 57.8 Å². The number of phosphoric ester groups is 1. The molecule has 10 nitrogen and oxygen atoms in total. The molecule has 0 aromatic heterocycles. The second-order valence-corrected chi connectivity index (χ2v) is 8.97. The molecule has 1 amide bonds. The second kappa shape index (κ2) is 15.2. The number of carbonyl (C=O) groups excluding carboxylic acids is 2. The zero-order chi connectivity index (χ0) is 23.1. The highest BCUT2D eigenvalue weighted by Crippen LogP contribution is 2.35. The van der Waals surface area contributed by atoms with Crippen LogP contribution in [0.4, 0.5) is 5.69 Å². The Morgan fingerprint density at radius 2 is 1.65 bits per heavy atom. The van der Waals surface area contributed by atoms with Gasteiger partial charge in [-0.3, -0.25) is 23.4 Å². The molecule has 0 fully saturated rings. The number of hydrogen-bond acceptors (Lipinski definition) is 5. The summed E-state index contributed by atoms with van der Waals surface area (Å²) in [6.07, 6.45) is 4.98. The zero-order valence-electron chi connectivity index (χ0n) is 17.3. The van der Waals surface area contributed by atoms with Crippen LogP contribution in [0.5, 0.6) is 0 Å². The van der Waals surface area contributed by atoms with Crippen molar-refractivity contribution in [3.05, 3.63) is 29.8 Å². The van der Waals surface area contributed by atoms with Crippen LogP contribution in [0.25, 0.3) is 0 Å². The SMILES string of the molecule is O=C(CCCc1ccc(NS(=O)O)cc1)CCC(=O)NCCCCCCOP(=O)(O)O. The Kier molecular flexibility index (Phi) is 13.5. The van der Waals surface area contributed by atoms with Crippen LogP contribution in [0.15, 0.2) is 24.3 Å². The summed E-state index contributed by atoms with van der Waals surface area (Å²) < 4.78 is 36.6. The molecule has 0 bridgehead atoms. The number of phosphoric acid groups is 1. The molecule has 1 atom stereocenters. The average Bonchev–Trinajstić information content (AvgIpc) is 2.68. The van der Waals surface area contributed by atoms with Crippen LogP contribution in [-0.4, -0.2) is 43.4 Å². The summed E-state index contributed by atoms with van der Waals surface area (Å²) in [7, 11) is -4.39. The summed E-state index contributed by atoms with van der Waals surface area (Å²) in [5.74, 6) is -0.128. The molecule has 0 aliphatic carbocycles. The van der Waals surface area contributed by atoms with Gasteiger partial charge in [-0.05, 0) is 43.4 Å². The Morgan fingerprint density at radius 1 is 0.968 bits per heavy atom. The first-order chi connectivity index (χ1) is 14.7. The van der Waals surface area contributed by atoms with E-state index in [4.69, 9.17) is 14.3 Å². The molecule has 1 rings (SSSR count). The maximum Gasteiger partial charge on any atom is 0.469 e. The van der Waals surface area contributed by atoms with Gasteiger partial charge in [-0.1, -0.05) is 25.0 Å². The first-order valence-electron chi connectivity index (χ1n) is 10.1. The molecule has 31 heavy (non-hydrogen) atoms. The number of benzene rings is 1. The van der Waals surface area contributed by atoms with E-state index in [1.807, 2.05) is 12.1 Å². The van der Waals surface area contributed by atoms with Gasteiger partial charge in [-0.25, -0.2) is 8.77 Å². The molecule has 1 unspecified atom stereocenters. The molecular formula is C19H31N2O8PS. The van der Waals surface area contributed by atoms with Gasteiger partial charge in [-0.2, -0.15) is 0 Å². The lowest BCUT2D eigenvalue weighted by Gasteiger charge is -2.07. The van der Waals surface area contributed by atoms with Crippen molar-refractivity contribution in [1.82, 2.24) is 5.32 Å². The fourth-order valence-corrected chi connectivity index (χ4v) is 3.49. The van der Waals surface area contributed by atoms with Crippen molar-refractivity contribution in [2.75, 3.05) is 17.9 Å². The standard InChI is InChI=1S/C19H31N2O8PS/c22-18(7-5-6-16-8-10-17(11-9-16)21-31(27)28)12-13-19(23)20-14-3-1-2-4-15-29-30(24,25)26/h8-11,21H,1-7,12-15H2,(H,20,23)(H,27,28)(H2,24,25,26). The molecule has 0 saturated carbocycles. The summed E-state index contributed by atoms with van der Waals surface area (Å²) in [4.78, 5) is 40.8. The van der Waals surface area contributed by atoms with Gasteiger partial charge in [0.1, 0.15) is 5.78 Å². The van der Waals surface area contributed by atoms with Gasteiger partial charge >= 0.3 is 7.82 Å². The third kappa shape index (κ3) is 15.8. The molecule has 12 heteroatoms. The van der Waals surface area contributed by atoms with Crippen molar-refractivity contribution >= 4 is 36.5 Å². The van der Waals surface area contributed by atoms with Crippen molar-refractivity contribution in [1.29, 1.82) is 0 Å². The molecule has 0 spiro atoms. The number of carbonyl (C=O) groups is 2. The molecule has 0 aliphatic heterocycles. The van der Waals surface area contributed by atoms with Gasteiger partial charge in [-0.15, -0.1) is 0 Å². The van der Waals surface area contributed by atoms with Crippen LogP contribution in [0.3, 0.4) is 0 Å². The summed E-state index contributed by atoms with van der Waals surface area (Å²) in [5.41, 5.74) is 1.56. The summed E-state index contributed by atoms with van der Waals surface area (Å²) in [6, 6.07) is 7.06. The van der Waals surface area contributed by atoms with E-state index in [1.165, 1.54) is 0 Å². The van der Waals surface area contributed by atoms with Crippen LogP contribution < -0.4 is 10.0 Å². The molecule has 0 aliphatic rings. The highest BCUT2D eigenvalue weighted by Gasteiger charge is 2.12. The predicted molar refractivity (Wildman–Crippen MR) is 117 cm³/mol. The third-order valence-corrected chi connectivity index (χ3v) is 5.29. The Hall–Kier alpha value is -1.62. The van der Waals surface area contributed by atoms with E-state index in [0.29, 0.717) is 37.9 Å². The number of unbranched alkanes of at least 4 members (excludes halogenated alkanes) is 3. The molecule has 0 heterocycles. The minimum atomic E-state index is -4.39. The third-order valence-electron chi connectivity index (χ3n) is 4.36. The highest BCUT2D eigenvalue weighted by atomic mass is 32.2. The largest absolute Gasteiger partial charge is 0.469 e. The summed E-state index contributed by atoms with van der Waals surface area (Å²) in [5, 5.41) is 2.76. The minimum absolute atomic E-state index is 0.00705. The Balaban J connectivity index is 2.03. The minimum Gasteiger partial charge on any atom is -0.356 e. The number of Topliss-reactive ketones (excluding diaryl/α,β-unsaturated/α-hetero) is 1. The van der Waals surface area contributed by atoms with Crippen LogP contribution in [0.1, 0.15) is 56.9 Å². The van der Waals surface area contributed by atoms with Crippen molar-refractivity contribution < 1.29 is 37.2 Å². The van der Waals surface area contributed by atoms with Gasteiger partial charge < -0.3 is 15.1 Å². The number of anilines is 1. The van der Waals surface area contributed by atoms with Gasteiger partial charge in [0.25, 0.3) is 11.3 Å². The predicted octanol–water partition coefficient (Wildman–Crippen LogP) is 2.69. The first-order valence-corrected chi connectivity index (χ1v) is 12.7. The van der Waals surface area contributed by atoms with Gasteiger partial charge in [0.05, 0.1) is 6.61 Å². The molecule has 5 N–H and O–H groups in total. The lowest BCUT2D eigenvalue weighted by molar-refractivity contribution is -0.125. The molecule has 0 radical (unpaired) electrons. The molecule has 176 valence electrons. The number of hydrogen-bond donors (Lipinski definition) is 5. The van der Waals surface area contributed by atoms with E-state index in [0.717, 1.165) is 24.8 Å². The molecular weight excluding hydrogens is 447 g/mol. The fourth-order valence-electron chi connectivity index (χ4n) is 2.79. The lowest BCUT2D eigenvalue weighted by atomic mass is 10.0. The van der Waals surface area contributed by atoms with Crippen LogP contribution in [0, 0.1) is 0 Å². The van der Waals surface area contributed by atoms with Crippen LogP contribution >= 0.6 is 7.82 Å². The van der Waals surface area contributed by atoms with E-state index in [9.17, 15) is 18.4 Å². The number of rotatable bonds is 17.